The summed E-state index contributed by atoms with van der Waals surface area (Å²) in [4.78, 5) is 0. The van der Waals surface area contributed by atoms with Crippen molar-refractivity contribution in [2.24, 2.45) is 5.41 Å². The first-order valence-electron chi connectivity index (χ1n) is 8.07. The van der Waals surface area contributed by atoms with Gasteiger partial charge in [0, 0.05) is 18.5 Å². The SMILES string of the molecule is CC(CCc1ccco1)NC1CCC12CCCCC2. The molecule has 0 saturated heterocycles. The lowest BCUT2D eigenvalue weighted by atomic mass is 9.57. The van der Waals surface area contributed by atoms with Crippen molar-refractivity contribution in [2.75, 3.05) is 0 Å². The molecule has 1 spiro atoms. The average molecular weight is 261 g/mol. The van der Waals surface area contributed by atoms with Crippen molar-refractivity contribution in [3.8, 4) is 0 Å². The van der Waals surface area contributed by atoms with E-state index in [2.05, 4.69) is 18.3 Å². The zero-order valence-corrected chi connectivity index (χ0v) is 12.2. The summed E-state index contributed by atoms with van der Waals surface area (Å²) in [6, 6.07) is 5.46. The van der Waals surface area contributed by atoms with Crippen LogP contribution in [0.5, 0.6) is 0 Å². The first-order valence-corrected chi connectivity index (χ1v) is 8.07. The van der Waals surface area contributed by atoms with Crippen molar-refractivity contribution in [3.63, 3.8) is 0 Å². The molecule has 2 heteroatoms. The van der Waals surface area contributed by atoms with E-state index in [0.717, 1.165) is 18.2 Å². The summed E-state index contributed by atoms with van der Waals surface area (Å²) in [5, 5.41) is 3.90. The highest BCUT2D eigenvalue weighted by atomic mass is 16.3. The first kappa shape index (κ1) is 13.2. The van der Waals surface area contributed by atoms with E-state index in [1.807, 2.05) is 6.07 Å². The topological polar surface area (TPSA) is 25.2 Å². The van der Waals surface area contributed by atoms with Gasteiger partial charge in [0.25, 0.3) is 0 Å². The second-order valence-electron chi connectivity index (χ2n) is 6.70. The molecule has 1 heterocycles. The number of hydrogen-bond donors (Lipinski definition) is 1. The van der Waals surface area contributed by atoms with E-state index in [-0.39, 0.29) is 0 Å². The van der Waals surface area contributed by atoms with Crippen LogP contribution in [0.1, 0.15) is 64.1 Å². The van der Waals surface area contributed by atoms with E-state index in [0.29, 0.717) is 11.5 Å². The molecule has 2 nitrogen and oxygen atoms in total. The van der Waals surface area contributed by atoms with E-state index >= 15 is 0 Å². The van der Waals surface area contributed by atoms with Crippen molar-refractivity contribution in [3.05, 3.63) is 24.2 Å². The van der Waals surface area contributed by atoms with Crippen LogP contribution in [0.4, 0.5) is 0 Å². The van der Waals surface area contributed by atoms with Crippen LogP contribution >= 0.6 is 0 Å². The Morgan fingerprint density at radius 1 is 1.32 bits per heavy atom. The van der Waals surface area contributed by atoms with Crippen LogP contribution in [-0.2, 0) is 6.42 Å². The van der Waals surface area contributed by atoms with Gasteiger partial charge < -0.3 is 9.73 Å². The highest BCUT2D eigenvalue weighted by Gasteiger charge is 2.46. The summed E-state index contributed by atoms with van der Waals surface area (Å²) in [6.45, 7) is 2.33. The van der Waals surface area contributed by atoms with Crippen molar-refractivity contribution < 1.29 is 4.42 Å². The van der Waals surface area contributed by atoms with Crippen LogP contribution in [0, 0.1) is 5.41 Å². The summed E-state index contributed by atoms with van der Waals surface area (Å²) in [5.41, 5.74) is 0.678. The van der Waals surface area contributed by atoms with Gasteiger partial charge in [-0.25, -0.2) is 0 Å². The molecule has 1 aromatic rings. The third-order valence-corrected chi connectivity index (χ3v) is 5.41. The van der Waals surface area contributed by atoms with Crippen LogP contribution in [0.3, 0.4) is 0 Å². The zero-order chi connectivity index (χ0) is 13.1. The molecule has 1 aromatic heterocycles. The molecule has 0 amide bonds. The van der Waals surface area contributed by atoms with Gasteiger partial charge in [-0.2, -0.15) is 0 Å². The summed E-state index contributed by atoms with van der Waals surface area (Å²) < 4.78 is 5.41. The molecular weight excluding hydrogens is 234 g/mol. The molecule has 0 bridgehead atoms. The van der Waals surface area contributed by atoms with Gasteiger partial charge in [0.2, 0.25) is 0 Å². The quantitative estimate of drug-likeness (QED) is 0.854. The fourth-order valence-electron chi connectivity index (χ4n) is 4.05. The third-order valence-electron chi connectivity index (χ3n) is 5.41. The molecule has 1 N–H and O–H groups in total. The van der Waals surface area contributed by atoms with Gasteiger partial charge in [-0.3, -0.25) is 0 Å². The van der Waals surface area contributed by atoms with Gasteiger partial charge in [-0.1, -0.05) is 19.3 Å². The van der Waals surface area contributed by atoms with Crippen LogP contribution < -0.4 is 5.32 Å². The predicted molar refractivity (Wildman–Crippen MR) is 78.2 cm³/mol. The molecule has 3 rings (SSSR count). The van der Waals surface area contributed by atoms with Gasteiger partial charge in [0.15, 0.2) is 0 Å². The molecular formula is C17H27NO. The highest BCUT2D eigenvalue weighted by molar-refractivity contribution is 5.03. The van der Waals surface area contributed by atoms with E-state index in [4.69, 9.17) is 4.42 Å². The second kappa shape index (κ2) is 5.70. The maximum atomic E-state index is 5.41. The van der Waals surface area contributed by atoms with Gasteiger partial charge in [-0.05, 0) is 56.6 Å². The maximum absolute atomic E-state index is 5.41. The standard InChI is InChI=1S/C17H27NO/c1-14(7-8-15-6-5-13-19-15)18-16-9-12-17(16)10-3-2-4-11-17/h5-6,13-14,16,18H,2-4,7-12H2,1H3. The third kappa shape index (κ3) is 2.89. The van der Waals surface area contributed by atoms with E-state index < -0.39 is 0 Å². The Morgan fingerprint density at radius 2 is 2.16 bits per heavy atom. The lowest BCUT2D eigenvalue weighted by Crippen LogP contribution is -2.56. The zero-order valence-electron chi connectivity index (χ0n) is 12.2. The van der Waals surface area contributed by atoms with Crippen LogP contribution in [0.15, 0.2) is 22.8 Å². The van der Waals surface area contributed by atoms with Gasteiger partial charge in [0.1, 0.15) is 5.76 Å². The maximum Gasteiger partial charge on any atom is 0.103 e. The van der Waals surface area contributed by atoms with Crippen LogP contribution in [0.25, 0.3) is 0 Å². The normalized spacial score (nSPS) is 27.1. The largest absolute Gasteiger partial charge is 0.469 e. The molecule has 2 aliphatic rings. The monoisotopic (exact) mass is 261 g/mol. The fraction of sp³-hybridized carbons (Fsp3) is 0.765. The minimum atomic E-state index is 0.606. The summed E-state index contributed by atoms with van der Waals surface area (Å²) in [6.07, 6.45) is 14.2. The second-order valence-corrected chi connectivity index (χ2v) is 6.70. The lowest BCUT2D eigenvalue weighted by Gasteiger charge is -2.53. The van der Waals surface area contributed by atoms with Gasteiger partial charge in [-0.15, -0.1) is 0 Å². The first-order chi connectivity index (χ1) is 9.28. The number of rotatable bonds is 5. The number of hydrogen-bond acceptors (Lipinski definition) is 2. The highest BCUT2D eigenvalue weighted by Crippen LogP contribution is 2.51. The fourth-order valence-corrected chi connectivity index (χ4v) is 4.05. The molecule has 2 fully saturated rings. The Labute approximate surface area is 117 Å². The minimum Gasteiger partial charge on any atom is -0.469 e. The molecule has 19 heavy (non-hydrogen) atoms. The number of furan rings is 1. The average Bonchev–Trinajstić information content (AvgIpc) is 2.95. The molecule has 2 atom stereocenters. The molecule has 0 radical (unpaired) electrons. The van der Waals surface area contributed by atoms with Crippen molar-refractivity contribution >= 4 is 0 Å². The summed E-state index contributed by atoms with van der Waals surface area (Å²) in [7, 11) is 0. The lowest BCUT2D eigenvalue weighted by molar-refractivity contribution is 0.0170. The number of aryl methyl sites for hydroxylation is 1. The Kier molecular flexibility index (Phi) is 3.97. The van der Waals surface area contributed by atoms with Gasteiger partial charge >= 0.3 is 0 Å². The van der Waals surface area contributed by atoms with Crippen molar-refractivity contribution in [1.29, 1.82) is 0 Å². The molecule has 2 aliphatic carbocycles. The smallest absolute Gasteiger partial charge is 0.103 e. The summed E-state index contributed by atoms with van der Waals surface area (Å²) >= 11 is 0. The van der Waals surface area contributed by atoms with Crippen LogP contribution in [-0.4, -0.2) is 12.1 Å². The van der Waals surface area contributed by atoms with E-state index in [1.165, 1.54) is 51.4 Å². The van der Waals surface area contributed by atoms with Gasteiger partial charge in [0.05, 0.1) is 6.26 Å². The Bertz CT molecular complexity index is 378. The predicted octanol–water partition coefficient (Wildman–Crippen LogP) is 4.30. The van der Waals surface area contributed by atoms with Crippen molar-refractivity contribution in [2.45, 2.75) is 76.8 Å². The summed E-state index contributed by atoms with van der Waals surface area (Å²) in [5.74, 6) is 1.12. The Morgan fingerprint density at radius 3 is 2.79 bits per heavy atom. The van der Waals surface area contributed by atoms with Crippen molar-refractivity contribution in [1.82, 2.24) is 5.32 Å². The molecule has 2 saturated carbocycles. The Hall–Kier alpha value is -0.760. The van der Waals surface area contributed by atoms with E-state index in [9.17, 15) is 0 Å². The molecule has 0 aromatic carbocycles. The van der Waals surface area contributed by atoms with Crippen LogP contribution in [0.2, 0.25) is 0 Å². The van der Waals surface area contributed by atoms with E-state index in [1.54, 1.807) is 6.26 Å². The number of nitrogens with one attached hydrogen (secondary N) is 1. The molecule has 2 unspecified atom stereocenters. The molecule has 106 valence electrons. The Balaban J connectivity index is 1.45. The minimum absolute atomic E-state index is 0.606. The molecule has 0 aliphatic heterocycles.